The van der Waals surface area contributed by atoms with Crippen molar-refractivity contribution >= 4 is 23.0 Å². The second kappa shape index (κ2) is 7.30. The van der Waals surface area contributed by atoms with E-state index in [1.165, 1.54) is 31.3 Å². The number of hydrogen-bond acceptors (Lipinski definition) is 4. The molecular formula is C20H25N3O2. The first-order valence-corrected chi connectivity index (χ1v) is 9.39. The normalized spacial score (nSPS) is 20.7. The average Bonchev–Trinajstić information content (AvgIpc) is 3.29. The summed E-state index contributed by atoms with van der Waals surface area (Å²) < 4.78 is 5.86. The van der Waals surface area contributed by atoms with Gasteiger partial charge in [0.05, 0.1) is 0 Å². The van der Waals surface area contributed by atoms with Crippen molar-refractivity contribution in [2.75, 3.05) is 18.0 Å². The van der Waals surface area contributed by atoms with Gasteiger partial charge in [0.15, 0.2) is 5.58 Å². The maximum atomic E-state index is 12.6. The van der Waals surface area contributed by atoms with Crippen molar-refractivity contribution in [1.29, 1.82) is 0 Å². The van der Waals surface area contributed by atoms with Crippen molar-refractivity contribution in [3.05, 3.63) is 35.9 Å². The van der Waals surface area contributed by atoms with Gasteiger partial charge in [-0.1, -0.05) is 23.8 Å². The molecule has 1 fully saturated rings. The molecule has 2 heterocycles. The van der Waals surface area contributed by atoms with Gasteiger partial charge in [-0.05, 0) is 57.1 Å². The summed E-state index contributed by atoms with van der Waals surface area (Å²) in [6.07, 6.45) is 10.1. The third-order valence-electron chi connectivity index (χ3n) is 5.21. The second-order valence-electron chi connectivity index (χ2n) is 6.96. The molecule has 0 bridgehead atoms. The van der Waals surface area contributed by atoms with Crippen molar-refractivity contribution in [3.8, 4) is 0 Å². The van der Waals surface area contributed by atoms with Crippen molar-refractivity contribution in [2.45, 2.75) is 51.0 Å². The minimum absolute atomic E-state index is 0.0937. The van der Waals surface area contributed by atoms with Crippen LogP contribution in [0.3, 0.4) is 0 Å². The fraction of sp³-hybridized carbons (Fsp3) is 0.500. The summed E-state index contributed by atoms with van der Waals surface area (Å²) in [6.45, 7) is 1.54. The van der Waals surface area contributed by atoms with E-state index < -0.39 is 0 Å². The van der Waals surface area contributed by atoms with Crippen molar-refractivity contribution < 1.29 is 9.21 Å². The highest BCUT2D eigenvalue weighted by Crippen LogP contribution is 2.28. The zero-order valence-corrected chi connectivity index (χ0v) is 14.5. The van der Waals surface area contributed by atoms with Gasteiger partial charge in [-0.25, -0.2) is 0 Å². The van der Waals surface area contributed by atoms with E-state index >= 15 is 0 Å². The number of oxazole rings is 1. The molecule has 1 unspecified atom stereocenters. The summed E-state index contributed by atoms with van der Waals surface area (Å²) >= 11 is 0. The Bertz CT molecular complexity index is 747. The number of amides is 1. The number of carbonyl (C=O) groups excluding carboxylic acids is 1. The van der Waals surface area contributed by atoms with E-state index in [9.17, 15) is 4.79 Å². The number of carbonyl (C=O) groups is 1. The highest BCUT2D eigenvalue weighted by molar-refractivity contribution is 5.85. The van der Waals surface area contributed by atoms with E-state index in [2.05, 4.69) is 16.4 Å². The van der Waals surface area contributed by atoms with Crippen LogP contribution in [0.1, 0.15) is 44.9 Å². The molecular weight excluding hydrogens is 314 g/mol. The van der Waals surface area contributed by atoms with Crippen molar-refractivity contribution in [1.82, 2.24) is 10.3 Å². The number of nitrogens with zero attached hydrogens (tertiary/aromatic N) is 2. The Morgan fingerprint density at radius 3 is 3.04 bits per heavy atom. The number of aromatic nitrogens is 1. The molecule has 2 aliphatic rings. The van der Waals surface area contributed by atoms with E-state index in [1.54, 1.807) is 0 Å². The number of benzene rings is 1. The van der Waals surface area contributed by atoms with Crippen molar-refractivity contribution in [2.24, 2.45) is 0 Å². The topological polar surface area (TPSA) is 58.4 Å². The number of hydrogen-bond donors (Lipinski definition) is 1. The van der Waals surface area contributed by atoms with E-state index in [4.69, 9.17) is 4.42 Å². The summed E-state index contributed by atoms with van der Waals surface area (Å²) in [6, 6.07) is 8.12. The Morgan fingerprint density at radius 1 is 1.28 bits per heavy atom. The predicted molar refractivity (Wildman–Crippen MR) is 98.6 cm³/mol. The summed E-state index contributed by atoms with van der Waals surface area (Å²) in [5.41, 5.74) is 3.11. The highest BCUT2D eigenvalue weighted by atomic mass is 16.4. The molecule has 1 atom stereocenters. The maximum Gasteiger partial charge on any atom is 0.299 e. The van der Waals surface area contributed by atoms with Crippen molar-refractivity contribution in [3.63, 3.8) is 0 Å². The monoisotopic (exact) mass is 339 g/mol. The van der Waals surface area contributed by atoms with Crippen LogP contribution in [0.2, 0.25) is 0 Å². The Kier molecular flexibility index (Phi) is 4.72. The molecule has 4 rings (SSSR count). The molecule has 5 heteroatoms. The van der Waals surface area contributed by atoms with Crippen LogP contribution >= 0.6 is 0 Å². The minimum Gasteiger partial charge on any atom is -0.423 e. The molecule has 132 valence electrons. The van der Waals surface area contributed by atoms with Gasteiger partial charge in [0, 0.05) is 13.1 Å². The second-order valence-corrected chi connectivity index (χ2v) is 6.96. The summed E-state index contributed by atoms with van der Waals surface area (Å²) in [4.78, 5) is 19.2. The number of nitrogens with one attached hydrogen (secondary N) is 1. The lowest BCUT2D eigenvalue weighted by molar-refractivity contribution is -0.122. The van der Waals surface area contributed by atoms with Gasteiger partial charge in [-0.15, -0.1) is 0 Å². The highest BCUT2D eigenvalue weighted by Gasteiger charge is 2.33. The molecule has 5 nitrogen and oxygen atoms in total. The minimum atomic E-state index is -0.173. The molecule has 1 saturated heterocycles. The fourth-order valence-electron chi connectivity index (χ4n) is 3.85. The first-order valence-electron chi connectivity index (χ1n) is 9.39. The molecule has 1 aromatic carbocycles. The number of para-hydroxylation sites is 2. The van der Waals surface area contributed by atoms with Gasteiger partial charge in [0.2, 0.25) is 5.91 Å². The predicted octanol–water partition coefficient (Wildman–Crippen LogP) is 3.80. The third kappa shape index (κ3) is 3.55. The summed E-state index contributed by atoms with van der Waals surface area (Å²) in [7, 11) is 0. The van der Waals surface area contributed by atoms with Crippen LogP contribution in [0.15, 0.2) is 40.3 Å². The molecule has 0 saturated carbocycles. The number of fused-ring (bicyclic) bond motifs is 1. The van der Waals surface area contributed by atoms with E-state index in [0.717, 1.165) is 43.5 Å². The molecule has 1 aliphatic carbocycles. The van der Waals surface area contributed by atoms with Crippen LogP contribution in [-0.4, -0.2) is 30.0 Å². The van der Waals surface area contributed by atoms with E-state index in [-0.39, 0.29) is 11.9 Å². The van der Waals surface area contributed by atoms with Crippen LogP contribution in [0.5, 0.6) is 0 Å². The summed E-state index contributed by atoms with van der Waals surface area (Å²) in [5, 5.41) is 3.11. The third-order valence-corrected chi connectivity index (χ3v) is 5.21. The Hall–Kier alpha value is -2.30. The lowest BCUT2D eigenvalue weighted by atomic mass is 9.97. The first-order chi connectivity index (χ1) is 12.3. The standard InChI is InChI=1S/C20H25N3O2/c24-19(21-13-12-15-7-2-1-3-8-15)17-10-6-14-23(17)20-22-16-9-4-5-11-18(16)25-20/h4-5,7,9,11,17H,1-3,6,8,10,12-14H2,(H,21,24). The van der Waals surface area contributed by atoms with Crippen LogP contribution in [0.25, 0.3) is 11.1 Å². The van der Waals surface area contributed by atoms with Gasteiger partial charge in [0.1, 0.15) is 11.6 Å². The molecule has 25 heavy (non-hydrogen) atoms. The maximum absolute atomic E-state index is 12.6. The number of rotatable bonds is 5. The molecule has 0 spiro atoms. The van der Waals surface area contributed by atoms with Gasteiger partial charge < -0.3 is 14.6 Å². The fourth-order valence-corrected chi connectivity index (χ4v) is 3.85. The largest absolute Gasteiger partial charge is 0.423 e. The smallest absolute Gasteiger partial charge is 0.299 e. The molecule has 1 aromatic heterocycles. The van der Waals surface area contributed by atoms with Gasteiger partial charge in [0.25, 0.3) is 6.01 Å². The van der Waals surface area contributed by atoms with Crippen LogP contribution < -0.4 is 10.2 Å². The zero-order valence-electron chi connectivity index (χ0n) is 14.5. The van der Waals surface area contributed by atoms with Gasteiger partial charge >= 0.3 is 0 Å². The van der Waals surface area contributed by atoms with Crippen LogP contribution in [0, 0.1) is 0 Å². The lowest BCUT2D eigenvalue weighted by Crippen LogP contribution is -2.43. The van der Waals surface area contributed by atoms with E-state index in [0.29, 0.717) is 6.01 Å². The first kappa shape index (κ1) is 16.2. The molecule has 0 radical (unpaired) electrons. The number of anilines is 1. The van der Waals surface area contributed by atoms with Gasteiger partial charge in [-0.3, -0.25) is 4.79 Å². The quantitative estimate of drug-likeness (QED) is 0.842. The van der Waals surface area contributed by atoms with E-state index in [1.807, 2.05) is 29.2 Å². The Labute approximate surface area is 148 Å². The average molecular weight is 339 g/mol. The van der Waals surface area contributed by atoms with Gasteiger partial charge in [-0.2, -0.15) is 4.98 Å². The zero-order chi connectivity index (χ0) is 17.1. The Morgan fingerprint density at radius 2 is 2.20 bits per heavy atom. The van der Waals surface area contributed by atoms with Crippen LogP contribution in [-0.2, 0) is 4.79 Å². The molecule has 1 aliphatic heterocycles. The number of allylic oxidation sites excluding steroid dienone is 1. The molecule has 1 amide bonds. The molecule has 2 aromatic rings. The SMILES string of the molecule is O=C(NCCC1=CCCCC1)C1CCCN1c1nc2ccccc2o1. The molecule has 1 N–H and O–H groups in total. The lowest BCUT2D eigenvalue weighted by Gasteiger charge is -2.22. The Balaban J connectivity index is 1.38. The van der Waals surface area contributed by atoms with Crippen LogP contribution in [0.4, 0.5) is 6.01 Å². The summed E-state index contributed by atoms with van der Waals surface area (Å²) in [5.74, 6) is 0.0937.